The predicted octanol–water partition coefficient (Wildman–Crippen LogP) is 4.27. The fraction of sp³-hybridized carbons (Fsp3) is 0.333. The van der Waals surface area contributed by atoms with Crippen molar-refractivity contribution in [1.82, 2.24) is 9.88 Å². The zero-order valence-corrected chi connectivity index (χ0v) is 17.0. The number of allylic oxidation sites excluding steroid dienone is 1. The van der Waals surface area contributed by atoms with Crippen molar-refractivity contribution in [2.24, 2.45) is 5.73 Å². The quantitative estimate of drug-likeness (QED) is 0.772. The van der Waals surface area contributed by atoms with Gasteiger partial charge in [0.15, 0.2) is 5.13 Å². The minimum atomic E-state index is -0.379. The number of halogens is 2. The van der Waals surface area contributed by atoms with Crippen molar-refractivity contribution < 1.29 is 4.79 Å². The van der Waals surface area contributed by atoms with Crippen LogP contribution in [-0.4, -0.2) is 35.5 Å². The van der Waals surface area contributed by atoms with Gasteiger partial charge in [-0.2, -0.15) is 0 Å². The first-order valence-corrected chi connectivity index (χ1v) is 10.2. The predicted molar refractivity (Wildman–Crippen MR) is 111 cm³/mol. The number of carbonyl (C=O) groups is 1. The van der Waals surface area contributed by atoms with Gasteiger partial charge in [-0.25, -0.2) is 9.78 Å². The Morgan fingerprint density at radius 2 is 2.22 bits per heavy atom. The average Bonchev–Trinajstić information content (AvgIpc) is 3.32. The van der Waals surface area contributed by atoms with Gasteiger partial charge in [0.1, 0.15) is 10.2 Å². The highest BCUT2D eigenvalue weighted by Crippen LogP contribution is 2.48. The highest BCUT2D eigenvalue weighted by Gasteiger charge is 2.48. The molecule has 1 aromatic carbocycles. The first kappa shape index (κ1) is 18.4. The Morgan fingerprint density at radius 3 is 2.85 bits per heavy atom. The molecule has 2 aliphatic rings. The van der Waals surface area contributed by atoms with Crippen LogP contribution in [0.4, 0.5) is 15.6 Å². The van der Waals surface area contributed by atoms with Crippen molar-refractivity contribution in [1.29, 1.82) is 0 Å². The van der Waals surface area contributed by atoms with Crippen LogP contribution in [0.5, 0.6) is 0 Å². The molecule has 0 aliphatic carbocycles. The van der Waals surface area contributed by atoms with Crippen LogP contribution in [0.1, 0.15) is 18.9 Å². The summed E-state index contributed by atoms with van der Waals surface area (Å²) in [5, 5.41) is 4.78. The molecule has 9 heteroatoms. The molecule has 6 nitrogen and oxygen atoms in total. The van der Waals surface area contributed by atoms with Crippen LogP contribution in [0.15, 0.2) is 36.3 Å². The molecule has 1 unspecified atom stereocenters. The summed E-state index contributed by atoms with van der Waals surface area (Å²) in [5.74, 6) is 0.916. The number of carbonyl (C=O) groups excluding carboxylic acids is 1. The van der Waals surface area contributed by atoms with E-state index in [0.717, 1.165) is 35.2 Å². The minimum Gasteiger partial charge on any atom is -0.351 e. The molecule has 4 rings (SSSR count). The first-order valence-electron chi connectivity index (χ1n) is 8.58. The third kappa shape index (κ3) is 3.24. The Kier molecular flexibility index (Phi) is 4.70. The third-order valence-electron chi connectivity index (χ3n) is 5.22. The molecule has 0 bridgehead atoms. The number of hydrogen-bond acceptors (Lipinski definition) is 5. The number of aromatic nitrogens is 1. The molecule has 1 atom stereocenters. The van der Waals surface area contributed by atoms with Crippen molar-refractivity contribution in [2.75, 3.05) is 29.9 Å². The first-order chi connectivity index (χ1) is 12.9. The Labute approximate surface area is 171 Å². The monoisotopic (exact) mass is 423 g/mol. The molecule has 27 heavy (non-hydrogen) atoms. The van der Waals surface area contributed by atoms with Crippen LogP contribution >= 0.6 is 34.5 Å². The van der Waals surface area contributed by atoms with Crippen molar-refractivity contribution in [3.63, 3.8) is 0 Å². The average molecular weight is 424 g/mol. The molecule has 2 amide bonds. The van der Waals surface area contributed by atoms with Crippen molar-refractivity contribution in [2.45, 2.75) is 18.8 Å². The summed E-state index contributed by atoms with van der Waals surface area (Å²) in [4.78, 5) is 19.9. The molecule has 2 aliphatic heterocycles. The maximum absolute atomic E-state index is 11.7. The van der Waals surface area contributed by atoms with Gasteiger partial charge in [-0.15, -0.1) is 0 Å². The molecule has 142 valence electrons. The summed E-state index contributed by atoms with van der Waals surface area (Å²) < 4.78 is 0.630. The van der Waals surface area contributed by atoms with Crippen LogP contribution in [-0.2, 0) is 5.41 Å². The van der Waals surface area contributed by atoms with E-state index in [9.17, 15) is 4.79 Å². The van der Waals surface area contributed by atoms with E-state index >= 15 is 0 Å². The van der Waals surface area contributed by atoms with E-state index in [-0.39, 0.29) is 11.4 Å². The largest absolute Gasteiger partial charge is 0.351 e. The molecule has 2 aromatic rings. The van der Waals surface area contributed by atoms with E-state index in [1.54, 1.807) is 11.1 Å². The number of nitrogens with zero attached hydrogens (tertiary/aromatic N) is 3. The number of benzene rings is 1. The van der Waals surface area contributed by atoms with Crippen molar-refractivity contribution in [3.05, 3.63) is 51.2 Å². The zero-order valence-electron chi connectivity index (χ0n) is 14.7. The van der Waals surface area contributed by atoms with Gasteiger partial charge in [-0.3, -0.25) is 0 Å². The fourth-order valence-electron chi connectivity index (χ4n) is 3.98. The number of anilines is 2. The van der Waals surface area contributed by atoms with Gasteiger partial charge in [0.25, 0.3) is 0 Å². The number of urea groups is 1. The highest BCUT2D eigenvalue weighted by atomic mass is 35.5. The fourth-order valence-corrected chi connectivity index (χ4v) is 4.97. The Hall–Kier alpha value is -1.96. The lowest BCUT2D eigenvalue weighted by atomic mass is 9.81. The number of rotatable bonds is 3. The van der Waals surface area contributed by atoms with E-state index in [1.807, 2.05) is 31.2 Å². The molecule has 0 saturated carbocycles. The Balaban J connectivity index is 1.70. The van der Waals surface area contributed by atoms with Crippen LogP contribution in [0.25, 0.3) is 0 Å². The maximum Gasteiger partial charge on any atom is 0.314 e. The van der Waals surface area contributed by atoms with Crippen molar-refractivity contribution in [3.8, 4) is 0 Å². The summed E-state index contributed by atoms with van der Waals surface area (Å²) in [6.45, 7) is 3.95. The number of fused-ring (bicyclic) bond motifs is 2. The van der Waals surface area contributed by atoms with E-state index in [2.05, 4.69) is 15.2 Å². The summed E-state index contributed by atoms with van der Waals surface area (Å²) in [6.07, 6.45) is 4.48. The van der Waals surface area contributed by atoms with Gasteiger partial charge < -0.3 is 20.9 Å². The molecule has 1 aromatic heterocycles. The topological polar surface area (TPSA) is 74.5 Å². The standard InChI is InChI=1S/C18H19Cl2N5OS/c1-2-15(23-17-22-8-14(20)27-17)25-10-18(5-6-24(9-18)16(21)26)12-7-11(19)3-4-13(12)25/h2-4,7-8H,5-6,9-10H2,1H3,(H2,21,26)(H,22,23). The normalized spacial score (nSPS) is 21.8. The Morgan fingerprint density at radius 1 is 1.41 bits per heavy atom. The van der Waals surface area contributed by atoms with E-state index in [0.29, 0.717) is 22.4 Å². The smallest absolute Gasteiger partial charge is 0.314 e. The molecular formula is C18H19Cl2N5OS. The number of nitrogens with two attached hydrogens (primary N) is 1. The number of primary amides is 1. The van der Waals surface area contributed by atoms with Gasteiger partial charge in [0.05, 0.1) is 6.20 Å². The van der Waals surface area contributed by atoms with Gasteiger partial charge in [-0.05, 0) is 43.2 Å². The molecule has 1 spiro atoms. The van der Waals surface area contributed by atoms with Crippen LogP contribution in [0, 0.1) is 0 Å². The number of nitrogens with one attached hydrogen (secondary N) is 1. The summed E-state index contributed by atoms with van der Waals surface area (Å²) >= 11 is 13.7. The van der Waals surface area contributed by atoms with Crippen LogP contribution in [0.3, 0.4) is 0 Å². The Bertz CT molecular complexity index is 930. The van der Waals surface area contributed by atoms with Gasteiger partial charge in [-0.1, -0.05) is 34.5 Å². The van der Waals surface area contributed by atoms with E-state index in [1.165, 1.54) is 11.3 Å². The second-order valence-electron chi connectivity index (χ2n) is 6.81. The van der Waals surface area contributed by atoms with Gasteiger partial charge in [0, 0.05) is 35.8 Å². The lowest BCUT2D eigenvalue weighted by Gasteiger charge is -2.27. The minimum absolute atomic E-state index is 0.189. The molecule has 3 heterocycles. The molecule has 1 saturated heterocycles. The third-order valence-corrected chi connectivity index (χ3v) is 6.49. The maximum atomic E-state index is 11.7. The van der Waals surface area contributed by atoms with E-state index in [4.69, 9.17) is 28.9 Å². The van der Waals surface area contributed by atoms with Crippen molar-refractivity contribution >= 4 is 51.4 Å². The van der Waals surface area contributed by atoms with Crippen LogP contribution < -0.4 is 16.0 Å². The second kappa shape index (κ2) is 6.89. The number of hydrogen-bond donors (Lipinski definition) is 2. The van der Waals surface area contributed by atoms with Gasteiger partial charge in [0.2, 0.25) is 0 Å². The second-order valence-corrected chi connectivity index (χ2v) is 8.90. The molecular weight excluding hydrogens is 405 g/mol. The summed E-state index contributed by atoms with van der Waals surface area (Å²) in [6, 6.07) is 5.55. The van der Waals surface area contributed by atoms with Crippen LogP contribution in [0.2, 0.25) is 9.36 Å². The summed E-state index contributed by atoms with van der Waals surface area (Å²) in [5.41, 5.74) is 7.57. The molecule has 0 radical (unpaired) electrons. The lowest BCUT2D eigenvalue weighted by Crippen LogP contribution is -2.40. The SMILES string of the molecule is CC=C(Nc1ncc(Cl)s1)N1CC2(CCN(C(N)=O)C2)c2cc(Cl)ccc21. The zero-order chi connectivity index (χ0) is 19.2. The number of likely N-dealkylation sites (tertiary alicyclic amines) is 1. The lowest BCUT2D eigenvalue weighted by molar-refractivity contribution is 0.216. The molecule has 1 fully saturated rings. The number of amides is 2. The highest BCUT2D eigenvalue weighted by molar-refractivity contribution is 7.19. The summed E-state index contributed by atoms with van der Waals surface area (Å²) in [7, 11) is 0. The number of thiazole rings is 1. The molecule has 3 N–H and O–H groups in total. The van der Waals surface area contributed by atoms with E-state index < -0.39 is 0 Å². The van der Waals surface area contributed by atoms with Gasteiger partial charge >= 0.3 is 6.03 Å².